The van der Waals surface area contributed by atoms with Crippen LogP contribution in [-0.2, 0) is 0 Å². The minimum atomic E-state index is 0.141. The summed E-state index contributed by atoms with van der Waals surface area (Å²) in [7, 11) is 0. The third kappa shape index (κ3) is 5.07. The van der Waals surface area contributed by atoms with Crippen LogP contribution in [0.5, 0.6) is 5.75 Å². The molecule has 0 saturated carbocycles. The Morgan fingerprint density at radius 2 is 1.05 bits per heavy atom. The molecule has 0 unspecified atom stereocenters. The van der Waals surface area contributed by atoms with Crippen LogP contribution in [0.25, 0.3) is 56.4 Å². The monoisotopic (exact) mass is 559 g/mol. The number of hydrogen-bond donors (Lipinski definition) is 1. The van der Waals surface area contributed by atoms with Gasteiger partial charge in [0, 0.05) is 32.3 Å². The third-order valence-electron chi connectivity index (χ3n) is 6.75. The number of aromatic nitrogens is 3. The van der Waals surface area contributed by atoms with Gasteiger partial charge < -0.3 is 5.11 Å². The number of halogens is 2. The summed E-state index contributed by atoms with van der Waals surface area (Å²) < 4.78 is 0. The number of nitrogens with zero attached hydrogens (tertiary/aromatic N) is 3. The van der Waals surface area contributed by atoms with Gasteiger partial charge in [-0.1, -0.05) is 114 Å². The Morgan fingerprint density at radius 3 is 1.68 bits per heavy atom. The summed E-state index contributed by atoms with van der Waals surface area (Å²) in [5, 5.41) is 12.0. The van der Waals surface area contributed by atoms with E-state index in [4.69, 9.17) is 38.2 Å². The Kier molecular flexibility index (Phi) is 7.04. The van der Waals surface area contributed by atoms with Crippen LogP contribution in [0.15, 0.2) is 115 Å². The van der Waals surface area contributed by atoms with Crippen LogP contribution in [0.4, 0.5) is 0 Å². The highest BCUT2D eigenvalue weighted by atomic mass is 35.5. The lowest BCUT2D eigenvalue weighted by molar-refractivity contribution is 0.477. The first-order valence-electron chi connectivity index (χ1n) is 12.7. The number of phenols is 1. The summed E-state index contributed by atoms with van der Waals surface area (Å²) in [6.45, 7) is 1.92. The summed E-state index contributed by atoms with van der Waals surface area (Å²) >= 11 is 12.8. The van der Waals surface area contributed by atoms with E-state index in [-0.39, 0.29) is 5.75 Å². The van der Waals surface area contributed by atoms with Gasteiger partial charge in [-0.15, -0.1) is 0 Å². The van der Waals surface area contributed by atoms with E-state index in [9.17, 15) is 5.11 Å². The first-order chi connectivity index (χ1) is 19.5. The van der Waals surface area contributed by atoms with Crippen LogP contribution >= 0.6 is 23.2 Å². The molecule has 1 aromatic heterocycles. The fourth-order valence-electron chi connectivity index (χ4n) is 4.73. The molecule has 4 nitrogen and oxygen atoms in total. The van der Waals surface area contributed by atoms with Gasteiger partial charge >= 0.3 is 0 Å². The maximum atomic E-state index is 11.0. The first kappa shape index (κ1) is 25.8. The lowest BCUT2D eigenvalue weighted by atomic mass is 9.90. The van der Waals surface area contributed by atoms with Crippen molar-refractivity contribution in [3.63, 3.8) is 0 Å². The van der Waals surface area contributed by atoms with Gasteiger partial charge in [0.2, 0.25) is 0 Å². The molecule has 0 saturated heterocycles. The lowest BCUT2D eigenvalue weighted by Gasteiger charge is -2.16. The standard InChI is InChI=1S/C34H23Cl2N3O/c1-21-28(19-26(35)20-29(21)36)31-27(16-9-17-30(31)40)24-14-8-15-25(18-24)34-38-32(22-10-4-2-5-11-22)37-33(39-34)23-12-6-3-7-13-23/h2-20,40H,1H3. The zero-order valence-electron chi connectivity index (χ0n) is 21.5. The molecule has 0 aliphatic rings. The highest BCUT2D eigenvalue weighted by Gasteiger charge is 2.18. The number of benzene rings is 5. The van der Waals surface area contributed by atoms with Gasteiger partial charge in [0.05, 0.1) is 0 Å². The van der Waals surface area contributed by atoms with E-state index in [0.717, 1.165) is 38.9 Å². The third-order valence-corrected chi connectivity index (χ3v) is 7.36. The van der Waals surface area contributed by atoms with Crippen LogP contribution in [0.1, 0.15) is 5.56 Å². The Labute approximate surface area is 242 Å². The average Bonchev–Trinajstić information content (AvgIpc) is 3.00. The van der Waals surface area contributed by atoms with Crippen molar-refractivity contribution in [2.24, 2.45) is 0 Å². The second-order valence-electron chi connectivity index (χ2n) is 9.38. The zero-order valence-corrected chi connectivity index (χ0v) is 23.0. The second-order valence-corrected chi connectivity index (χ2v) is 10.2. The Balaban J connectivity index is 1.53. The van der Waals surface area contributed by atoms with Crippen molar-refractivity contribution in [1.82, 2.24) is 15.0 Å². The molecule has 0 bridgehead atoms. The summed E-state index contributed by atoms with van der Waals surface area (Å²) in [6, 6.07) is 36.7. The maximum absolute atomic E-state index is 11.0. The smallest absolute Gasteiger partial charge is 0.164 e. The predicted molar refractivity (Wildman–Crippen MR) is 163 cm³/mol. The van der Waals surface area contributed by atoms with Crippen molar-refractivity contribution < 1.29 is 5.11 Å². The molecule has 0 aliphatic carbocycles. The maximum Gasteiger partial charge on any atom is 0.164 e. The van der Waals surface area contributed by atoms with Crippen molar-refractivity contribution in [3.05, 3.63) is 131 Å². The van der Waals surface area contributed by atoms with E-state index in [2.05, 4.69) is 0 Å². The van der Waals surface area contributed by atoms with Crippen molar-refractivity contribution in [2.45, 2.75) is 6.92 Å². The summed E-state index contributed by atoms with van der Waals surface area (Å²) in [4.78, 5) is 14.5. The van der Waals surface area contributed by atoms with Gasteiger partial charge in [-0.3, -0.25) is 0 Å². The Bertz CT molecular complexity index is 1780. The fourth-order valence-corrected chi connectivity index (χ4v) is 5.23. The number of rotatable bonds is 5. The molecule has 0 spiro atoms. The molecule has 194 valence electrons. The molecule has 6 heteroatoms. The zero-order chi connectivity index (χ0) is 27.6. The van der Waals surface area contributed by atoms with Crippen LogP contribution in [0.2, 0.25) is 10.0 Å². The van der Waals surface area contributed by atoms with E-state index in [1.54, 1.807) is 12.1 Å². The van der Waals surface area contributed by atoms with Crippen LogP contribution in [0.3, 0.4) is 0 Å². The van der Waals surface area contributed by atoms with Gasteiger partial charge in [0.15, 0.2) is 17.5 Å². The lowest BCUT2D eigenvalue weighted by Crippen LogP contribution is -2.00. The predicted octanol–water partition coefficient (Wildman–Crippen LogP) is 9.53. The van der Waals surface area contributed by atoms with Gasteiger partial charge in [-0.2, -0.15) is 0 Å². The summed E-state index contributed by atoms with van der Waals surface area (Å²) in [5.74, 6) is 1.88. The molecule has 40 heavy (non-hydrogen) atoms. The fraction of sp³-hybridized carbons (Fsp3) is 0.0294. The molecule has 0 amide bonds. The average molecular weight is 560 g/mol. The van der Waals surface area contributed by atoms with Crippen molar-refractivity contribution in [3.8, 4) is 62.2 Å². The van der Waals surface area contributed by atoms with Gasteiger partial charge in [0.1, 0.15) is 5.75 Å². The molecule has 0 atom stereocenters. The SMILES string of the molecule is Cc1c(Cl)cc(Cl)cc1-c1c(O)cccc1-c1cccc(-c2nc(-c3ccccc3)nc(-c3ccccc3)n2)c1. The molecular weight excluding hydrogens is 537 g/mol. The summed E-state index contributed by atoms with van der Waals surface area (Å²) in [6.07, 6.45) is 0. The molecule has 0 fully saturated rings. The number of aromatic hydroxyl groups is 1. The summed E-state index contributed by atoms with van der Waals surface area (Å²) in [5.41, 5.74) is 6.63. The van der Waals surface area contributed by atoms with E-state index < -0.39 is 0 Å². The number of hydrogen-bond acceptors (Lipinski definition) is 4. The first-order valence-corrected chi connectivity index (χ1v) is 13.5. The minimum Gasteiger partial charge on any atom is -0.507 e. The molecule has 1 heterocycles. The Morgan fingerprint density at radius 1 is 0.525 bits per heavy atom. The van der Waals surface area contributed by atoms with Crippen LogP contribution < -0.4 is 0 Å². The highest BCUT2D eigenvalue weighted by Crippen LogP contribution is 2.43. The van der Waals surface area contributed by atoms with Gasteiger partial charge in [0.25, 0.3) is 0 Å². The molecular formula is C34H23Cl2N3O. The molecule has 0 aliphatic heterocycles. The topological polar surface area (TPSA) is 58.9 Å². The normalized spacial score (nSPS) is 11.0. The highest BCUT2D eigenvalue weighted by molar-refractivity contribution is 6.35. The molecule has 1 N–H and O–H groups in total. The second kappa shape index (κ2) is 10.9. The number of phenolic OH excluding ortho intramolecular Hbond substituents is 1. The molecule has 6 aromatic rings. The van der Waals surface area contributed by atoms with Crippen molar-refractivity contribution in [1.29, 1.82) is 0 Å². The molecule has 0 radical (unpaired) electrons. The van der Waals surface area contributed by atoms with Crippen LogP contribution in [-0.4, -0.2) is 20.1 Å². The van der Waals surface area contributed by atoms with Gasteiger partial charge in [-0.25, -0.2) is 15.0 Å². The van der Waals surface area contributed by atoms with Gasteiger partial charge in [-0.05, 0) is 53.4 Å². The molecule has 5 aromatic carbocycles. The largest absolute Gasteiger partial charge is 0.507 e. The van der Waals surface area contributed by atoms with Crippen molar-refractivity contribution in [2.75, 3.05) is 0 Å². The van der Waals surface area contributed by atoms with Crippen molar-refractivity contribution >= 4 is 23.2 Å². The van der Waals surface area contributed by atoms with E-state index in [1.165, 1.54) is 0 Å². The minimum absolute atomic E-state index is 0.141. The van der Waals surface area contributed by atoms with E-state index in [0.29, 0.717) is 33.1 Å². The molecule has 6 rings (SSSR count). The van der Waals surface area contributed by atoms with Crippen LogP contribution in [0, 0.1) is 6.92 Å². The van der Waals surface area contributed by atoms with E-state index in [1.807, 2.05) is 110 Å². The van der Waals surface area contributed by atoms with E-state index >= 15 is 0 Å². The quantitative estimate of drug-likeness (QED) is 0.228. The Hall–Kier alpha value is -4.51.